The molecule has 32 heavy (non-hydrogen) atoms. The van der Waals surface area contributed by atoms with Gasteiger partial charge >= 0.3 is 0 Å². The molecule has 0 aliphatic rings. The number of benzene rings is 3. The van der Waals surface area contributed by atoms with Gasteiger partial charge in [0.1, 0.15) is 0 Å². The van der Waals surface area contributed by atoms with Gasteiger partial charge in [0, 0.05) is 29.4 Å². The van der Waals surface area contributed by atoms with Gasteiger partial charge in [-0.25, -0.2) is 0 Å². The van der Waals surface area contributed by atoms with Crippen molar-refractivity contribution in [2.75, 3.05) is 19.1 Å². The fraction of sp³-hybridized carbons (Fsp3) is 0.120. The molecule has 0 unspecified atom stereocenters. The summed E-state index contributed by atoms with van der Waals surface area (Å²) in [5, 5.41) is 12.9. The first-order chi connectivity index (χ1) is 15.4. The Labute approximate surface area is 191 Å². The van der Waals surface area contributed by atoms with Crippen molar-refractivity contribution in [3.05, 3.63) is 94.5 Å². The summed E-state index contributed by atoms with van der Waals surface area (Å²) in [6, 6.07) is 18.9. The normalized spacial score (nSPS) is 10.7. The maximum atomic E-state index is 13.1. The molecule has 3 aromatic carbocycles. The number of carbonyl (C=O) groups is 2. The predicted octanol–water partition coefficient (Wildman–Crippen LogP) is 4.66. The number of hydrogen-bond donors (Lipinski definition) is 2. The lowest BCUT2D eigenvalue weighted by Gasteiger charge is -2.22. The summed E-state index contributed by atoms with van der Waals surface area (Å²) in [5.74, 6) is -0.120. The Morgan fingerprint density at radius 1 is 1.09 bits per heavy atom. The Morgan fingerprint density at radius 3 is 2.50 bits per heavy atom. The molecule has 164 valence electrons. The number of hydrogen-bond acceptors (Lipinski definition) is 4. The highest BCUT2D eigenvalue weighted by atomic mass is 35.5. The topological polar surface area (TPSA) is 78.9 Å². The molecule has 0 fully saturated rings. The fourth-order valence-electron chi connectivity index (χ4n) is 3.11. The van der Waals surface area contributed by atoms with Gasteiger partial charge in [-0.2, -0.15) is 0 Å². The molecule has 0 saturated carbocycles. The van der Waals surface area contributed by atoms with Gasteiger partial charge in [-0.1, -0.05) is 29.8 Å². The predicted molar refractivity (Wildman–Crippen MR) is 126 cm³/mol. The van der Waals surface area contributed by atoms with Crippen LogP contribution in [0.4, 0.5) is 5.69 Å². The molecular formula is C25H23ClN2O4. The number of phenols is 1. The third kappa shape index (κ3) is 5.68. The van der Waals surface area contributed by atoms with Crippen LogP contribution in [0.3, 0.4) is 0 Å². The molecule has 0 spiro atoms. The van der Waals surface area contributed by atoms with Crippen molar-refractivity contribution >= 4 is 35.2 Å². The summed E-state index contributed by atoms with van der Waals surface area (Å²) < 4.78 is 5.11. The van der Waals surface area contributed by atoms with E-state index in [0.717, 1.165) is 5.56 Å². The van der Waals surface area contributed by atoms with Gasteiger partial charge in [0.15, 0.2) is 11.5 Å². The summed E-state index contributed by atoms with van der Waals surface area (Å²) in [4.78, 5) is 26.6. The second-order valence-electron chi connectivity index (χ2n) is 6.94. The number of halogens is 1. The smallest absolute Gasteiger partial charge is 0.251 e. The minimum absolute atomic E-state index is 0.0229. The molecule has 3 rings (SSSR count). The molecule has 0 aliphatic carbocycles. The van der Waals surface area contributed by atoms with Crippen molar-refractivity contribution < 1.29 is 19.4 Å². The highest BCUT2D eigenvalue weighted by molar-refractivity contribution is 6.30. The number of nitrogens with one attached hydrogen (secondary N) is 1. The van der Waals surface area contributed by atoms with E-state index in [4.69, 9.17) is 16.3 Å². The lowest BCUT2D eigenvalue weighted by atomic mass is 10.1. The van der Waals surface area contributed by atoms with Crippen molar-refractivity contribution in [1.29, 1.82) is 0 Å². The van der Waals surface area contributed by atoms with E-state index in [1.54, 1.807) is 66.6 Å². The number of amides is 2. The molecule has 0 bridgehead atoms. The standard InChI is InChI=1S/C25H23ClN2O4/c1-27-25(31)19-8-10-21(11-9-19)28(16-18-4-3-5-20(26)14-18)24(30)13-7-17-6-12-22(29)23(15-17)32-2/h3-15,29H,16H2,1-2H3,(H,27,31). The van der Waals surface area contributed by atoms with Crippen molar-refractivity contribution in [2.24, 2.45) is 0 Å². The van der Waals surface area contributed by atoms with Crippen LogP contribution < -0.4 is 15.0 Å². The number of anilines is 1. The zero-order chi connectivity index (χ0) is 23.1. The molecule has 0 heterocycles. The van der Waals surface area contributed by atoms with Crippen LogP contribution >= 0.6 is 11.6 Å². The molecule has 0 radical (unpaired) electrons. The van der Waals surface area contributed by atoms with Gasteiger partial charge in [0.25, 0.3) is 11.8 Å². The molecule has 2 N–H and O–H groups in total. The van der Waals surface area contributed by atoms with Gasteiger partial charge < -0.3 is 20.1 Å². The minimum atomic E-state index is -0.260. The Balaban J connectivity index is 1.90. The Bertz CT molecular complexity index is 1140. The van der Waals surface area contributed by atoms with Crippen LogP contribution in [0.5, 0.6) is 11.5 Å². The van der Waals surface area contributed by atoms with Crippen LogP contribution in [0.1, 0.15) is 21.5 Å². The van der Waals surface area contributed by atoms with E-state index in [-0.39, 0.29) is 17.6 Å². The molecule has 0 saturated heterocycles. The van der Waals surface area contributed by atoms with Gasteiger partial charge in [0.05, 0.1) is 13.7 Å². The first kappa shape index (κ1) is 22.9. The van der Waals surface area contributed by atoms with Crippen molar-refractivity contribution in [3.8, 4) is 11.5 Å². The van der Waals surface area contributed by atoms with E-state index < -0.39 is 0 Å². The Hall–Kier alpha value is -3.77. The van der Waals surface area contributed by atoms with Crippen LogP contribution in [-0.2, 0) is 11.3 Å². The molecule has 2 amide bonds. The number of nitrogens with zero attached hydrogens (tertiary/aromatic N) is 1. The summed E-state index contributed by atoms with van der Waals surface area (Å²) >= 11 is 6.11. The Morgan fingerprint density at radius 2 is 1.84 bits per heavy atom. The second kappa shape index (κ2) is 10.5. The van der Waals surface area contributed by atoms with Gasteiger partial charge in [0.2, 0.25) is 0 Å². The highest BCUT2D eigenvalue weighted by Crippen LogP contribution is 2.27. The maximum Gasteiger partial charge on any atom is 0.251 e. The molecule has 6 nitrogen and oxygen atoms in total. The maximum absolute atomic E-state index is 13.1. The van der Waals surface area contributed by atoms with Crippen molar-refractivity contribution in [2.45, 2.75) is 6.54 Å². The number of methoxy groups -OCH3 is 1. The lowest BCUT2D eigenvalue weighted by molar-refractivity contribution is -0.114. The van der Waals surface area contributed by atoms with Crippen LogP contribution in [0.25, 0.3) is 6.08 Å². The first-order valence-electron chi connectivity index (χ1n) is 9.84. The lowest BCUT2D eigenvalue weighted by Crippen LogP contribution is -2.28. The Kier molecular flexibility index (Phi) is 7.52. The van der Waals surface area contributed by atoms with E-state index in [0.29, 0.717) is 34.1 Å². The number of aromatic hydroxyl groups is 1. The van der Waals surface area contributed by atoms with E-state index >= 15 is 0 Å². The van der Waals surface area contributed by atoms with Crippen LogP contribution in [-0.4, -0.2) is 31.1 Å². The van der Waals surface area contributed by atoms with E-state index in [2.05, 4.69) is 5.32 Å². The van der Waals surface area contributed by atoms with Crippen molar-refractivity contribution in [3.63, 3.8) is 0 Å². The zero-order valence-corrected chi connectivity index (χ0v) is 18.5. The number of rotatable bonds is 7. The van der Waals surface area contributed by atoms with E-state index in [1.165, 1.54) is 19.3 Å². The number of carbonyl (C=O) groups excluding carboxylic acids is 2. The van der Waals surface area contributed by atoms with Crippen LogP contribution in [0, 0.1) is 0 Å². The van der Waals surface area contributed by atoms with Crippen LogP contribution in [0.2, 0.25) is 5.02 Å². The summed E-state index contributed by atoms with van der Waals surface area (Å²) in [6.07, 6.45) is 3.09. The highest BCUT2D eigenvalue weighted by Gasteiger charge is 2.15. The summed E-state index contributed by atoms with van der Waals surface area (Å²) in [6.45, 7) is 0.294. The minimum Gasteiger partial charge on any atom is -0.504 e. The molecule has 3 aromatic rings. The first-order valence-corrected chi connectivity index (χ1v) is 10.2. The van der Waals surface area contributed by atoms with Gasteiger partial charge in [-0.05, 0) is 65.7 Å². The molecule has 0 aliphatic heterocycles. The molecule has 7 heteroatoms. The third-order valence-corrected chi connectivity index (χ3v) is 5.02. The van der Waals surface area contributed by atoms with Gasteiger partial charge in [-0.15, -0.1) is 0 Å². The number of ether oxygens (including phenoxy) is 1. The van der Waals surface area contributed by atoms with E-state index in [9.17, 15) is 14.7 Å². The molecular weight excluding hydrogens is 428 g/mol. The van der Waals surface area contributed by atoms with Crippen molar-refractivity contribution in [1.82, 2.24) is 5.32 Å². The zero-order valence-electron chi connectivity index (χ0n) is 17.7. The van der Waals surface area contributed by atoms with Gasteiger partial charge in [-0.3, -0.25) is 9.59 Å². The fourth-order valence-corrected chi connectivity index (χ4v) is 3.32. The quantitative estimate of drug-likeness (QED) is 0.513. The second-order valence-corrected chi connectivity index (χ2v) is 7.38. The summed E-state index contributed by atoms with van der Waals surface area (Å²) in [7, 11) is 3.03. The number of phenolic OH excluding ortho intramolecular Hbond substituents is 1. The molecule has 0 aromatic heterocycles. The SMILES string of the molecule is CNC(=O)c1ccc(N(Cc2cccc(Cl)c2)C(=O)C=Cc2ccc(O)c(OC)c2)cc1. The monoisotopic (exact) mass is 450 g/mol. The largest absolute Gasteiger partial charge is 0.504 e. The van der Waals surface area contributed by atoms with E-state index in [1.807, 2.05) is 12.1 Å². The average Bonchev–Trinajstić information content (AvgIpc) is 2.81. The third-order valence-electron chi connectivity index (χ3n) is 4.79. The van der Waals surface area contributed by atoms with Crippen LogP contribution in [0.15, 0.2) is 72.8 Å². The summed E-state index contributed by atoms with van der Waals surface area (Å²) in [5.41, 5.74) is 2.69. The molecule has 0 atom stereocenters. The average molecular weight is 451 g/mol.